The van der Waals surface area contributed by atoms with E-state index in [4.69, 9.17) is 11.6 Å². The van der Waals surface area contributed by atoms with Crippen LogP contribution < -0.4 is 0 Å². The van der Waals surface area contributed by atoms with E-state index in [0.29, 0.717) is 6.42 Å². The van der Waals surface area contributed by atoms with Crippen molar-refractivity contribution >= 4 is 17.4 Å². The van der Waals surface area contributed by atoms with E-state index < -0.39 is 0 Å². The van der Waals surface area contributed by atoms with Gasteiger partial charge in [-0.1, -0.05) is 48.6 Å². The number of carbonyl (C=O) groups excluding carboxylic acids is 1. The zero-order valence-electron chi connectivity index (χ0n) is 9.11. The van der Waals surface area contributed by atoms with E-state index in [1.807, 2.05) is 55.5 Å². The lowest BCUT2D eigenvalue weighted by Crippen LogP contribution is -2.16. The predicted octanol–water partition coefficient (Wildman–Crippen LogP) is 3.75. The molecule has 0 saturated heterocycles. The summed E-state index contributed by atoms with van der Waals surface area (Å²) in [5, 5.41) is 0. The summed E-state index contributed by atoms with van der Waals surface area (Å²) >= 11 is 6.15. The van der Waals surface area contributed by atoms with Crippen molar-refractivity contribution in [3.8, 4) is 0 Å². The molecule has 0 spiro atoms. The number of hydrogen-bond donors (Lipinski definition) is 0. The highest BCUT2D eigenvalue weighted by Crippen LogP contribution is 2.28. The third kappa shape index (κ3) is 2.42. The number of halogens is 1. The van der Waals surface area contributed by atoms with Crippen molar-refractivity contribution in [3.05, 3.63) is 59.7 Å². The number of carbonyl (C=O) groups is 1. The molecule has 1 aromatic carbocycles. The summed E-state index contributed by atoms with van der Waals surface area (Å²) in [6, 6.07) is 9.28. The molecule has 0 bridgehead atoms. The first-order valence-electron chi connectivity index (χ1n) is 5.26. The normalized spacial score (nSPS) is 24.0. The van der Waals surface area contributed by atoms with Crippen LogP contribution in [0.15, 0.2) is 54.1 Å². The zero-order chi connectivity index (χ0) is 11.6. The van der Waals surface area contributed by atoms with E-state index in [2.05, 4.69) is 0 Å². The van der Waals surface area contributed by atoms with Crippen molar-refractivity contribution in [1.82, 2.24) is 0 Å². The molecule has 0 heterocycles. The van der Waals surface area contributed by atoms with Gasteiger partial charge in [-0.15, -0.1) is 11.6 Å². The van der Waals surface area contributed by atoms with Crippen LogP contribution >= 0.6 is 11.6 Å². The molecule has 1 atom stereocenters. The predicted molar refractivity (Wildman–Crippen MR) is 66.9 cm³/mol. The molecule has 1 nitrogen and oxygen atoms in total. The lowest BCUT2D eigenvalue weighted by atomic mass is 9.93. The molecular weight excluding hydrogens is 220 g/mol. The van der Waals surface area contributed by atoms with Crippen molar-refractivity contribution in [2.75, 3.05) is 0 Å². The van der Waals surface area contributed by atoms with Crippen LogP contribution in [-0.4, -0.2) is 10.7 Å². The maximum Gasteiger partial charge on any atom is 0.192 e. The van der Waals surface area contributed by atoms with Crippen LogP contribution in [0.2, 0.25) is 0 Å². The van der Waals surface area contributed by atoms with E-state index in [1.54, 1.807) is 0 Å². The van der Waals surface area contributed by atoms with Gasteiger partial charge in [0.1, 0.15) is 0 Å². The summed E-state index contributed by atoms with van der Waals surface area (Å²) in [7, 11) is 0. The number of allylic oxidation sites excluding steroid dienone is 4. The van der Waals surface area contributed by atoms with Crippen LogP contribution in [-0.2, 0) is 0 Å². The lowest BCUT2D eigenvalue weighted by Gasteiger charge is -2.19. The van der Waals surface area contributed by atoms with Crippen molar-refractivity contribution < 1.29 is 4.79 Å². The number of alkyl halides is 1. The van der Waals surface area contributed by atoms with Crippen molar-refractivity contribution in [2.24, 2.45) is 0 Å². The minimum atomic E-state index is -0.347. The Morgan fingerprint density at radius 1 is 1.31 bits per heavy atom. The summed E-state index contributed by atoms with van der Waals surface area (Å²) in [6.07, 6.45) is 6.29. The Hall–Kier alpha value is -1.34. The molecule has 2 rings (SSSR count). The molecule has 1 aliphatic carbocycles. The van der Waals surface area contributed by atoms with Crippen molar-refractivity contribution in [3.63, 3.8) is 0 Å². The number of rotatable bonds is 2. The number of Topliss-reactive ketones (excluding diaryl/α,β-unsaturated/α-hetero) is 1. The van der Waals surface area contributed by atoms with Crippen LogP contribution in [0.25, 0.3) is 0 Å². The third-order valence-electron chi connectivity index (χ3n) is 2.63. The van der Waals surface area contributed by atoms with Gasteiger partial charge in [0.15, 0.2) is 5.78 Å². The van der Waals surface area contributed by atoms with Crippen LogP contribution in [0.3, 0.4) is 0 Å². The van der Waals surface area contributed by atoms with E-state index in [-0.39, 0.29) is 10.7 Å². The Kier molecular flexibility index (Phi) is 2.97. The van der Waals surface area contributed by atoms with Crippen molar-refractivity contribution in [1.29, 1.82) is 0 Å². The molecule has 1 aliphatic rings. The highest BCUT2D eigenvalue weighted by atomic mass is 35.5. The highest BCUT2D eigenvalue weighted by molar-refractivity contribution is 6.25. The van der Waals surface area contributed by atoms with Gasteiger partial charge in [-0.25, -0.2) is 0 Å². The molecule has 1 aromatic rings. The maximum absolute atomic E-state index is 12.0. The molecule has 1 unspecified atom stereocenters. The molecule has 0 fully saturated rings. The molecule has 0 aromatic heterocycles. The molecule has 0 N–H and O–H groups in total. The monoisotopic (exact) mass is 232 g/mol. The van der Waals surface area contributed by atoms with Gasteiger partial charge in [-0.2, -0.15) is 0 Å². The van der Waals surface area contributed by atoms with E-state index >= 15 is 0 Å². The lowest BCUT2D eigenvalue weighted by molar-refractivity contribution is 0.103. The quantitative estimate of drug-likeness (QED) is 0.561. The second-order valence-corrected chi connectivity index (χ2v) is 5.03. The van der Waals surface area contributed by atoms with Crippen LogP contribution in [0, 0.1) is 0 Å². The molecular formula is C14H13ClO. The zero-order valence-corrected chi connectivity index (χ0v) is 9.87. The van der Waals surface area contributed by atoms with Gasteiger partial charge >= 0.3 is 0 Å². The Morgan fingerprint density at radius 3 is 2.56 bits per heavy atom. The standard InChI is InChI=1S/C14H13ClO/c1-14(15)9-7-12(8-10-14)13(16)11-5-3-2-4-6-11/h2-9H,10H2,1H3. The van der Waals surface area contributed by atoms with Gasteiger partial charge in [0.25, 0.3) is 0 Å². The van der Waals surface area contributed by atoms with Gasteiger partial charge in [0.05, 0.1) is 4.87 Å². The summed E-state index contributed by atoms with van der Waals surface area (Å²) in [5.74, 6) is 0.0593. The van der Waals surface area contributed by atoms with E-state index in [9.17, 15) is 4.79 Å². The fraction of sp³-hybridized carbons (Fsp3) is 0.214. The van der Waals surface area contributed by atoms with Gasteiger partial charge < -0.3 is 0 Å². The Bertz CT molecular complexity index is 455. The summed E-state index contributed by atoms with van der Waals surface area (Å²) in [4.78, 5) is 11.7. The SMILES string of the molecule is CC1(Cl)C=CC(C(=O)c2ccccc2)=CC1. The smallest absolute Gasteiger partial charge is 0.192 e. The second-order valence-electron chi connectivity index (χ2n) is 4.17. The molecule has 82 valence electrons. The molecule has 0 radical (unpaired) electrons. The first-order valence-corrected chi connectivity index (χ1v) is 5.64. The van der Waals surface area contributed by atoms with E-state index in [0.717, 1.165) is 11.1 Å². The highest BCUT2D eigenvalue weighted by Gasteiger charge is 2.21. The van der Waals surface area contributed by atoms with Crippen LogP contribution in [0.4, 0.5) is 0 Å². The third-order valence-corrected chi connectivity index (χ3v) is 2.91. The molecule has 2 heteroatoms. The van der Waals surface area contributed by atoms with Crippen molar-refractivity contribution in [2.45, 2.75) is 18.2 Å². The Labute approximate surface area is 100 Å². The molecule has 0 saturated carbocycles. The largest absolute Gasteiger partial charge is 0.289 e. The van der Waals surface area contributed by atoms with Gasteiger partial charge in [0, 0.05) is 11.1 Å². The number of ketones is 1. The maximum atomic E-state index is 12.0. The summed E-state index contributed by atoms with van der Waals surface area (Å²) in [6.45, 7) is 1.94. The number of hydrogen-bond acceptors (Lipinski definition) is 1. The molecule has 0 aliphatic heterocycles. The number of benzene rings is 1. The van der Waals surface area contributed by atoms with Gasteiger partial charge in [0.2, 0.25) is 0 Å². The second kappa shape index (κ2) is 4.26. The molecule has 0 amide bonds. The Morgan fingerprint density at radius 2 is 2.00 bits per heavy atom. The fourth-order valence-corrected chi connectivity index (χ4v) is 1.77. The fourth-order valence-electron chi connectivity index (χ4n) is 1.63. The average Bonchev–Trinajstić information content (AvgIpc) is 2.29. The molecule has 16 heavy (non-hydrogen) atoms. The van der Waals surface area contributed by atoms with Gasteiger partial charge in [-0.05, 0) is 13.3 Å². The minimum Gasteiger partial charge on any atom is -0.289 e. The van der Waals surface area contributed by atoms with Crippen LogP contribution in [0.5, 0.6) is 0 Å². The minimum absolute atomic E-state index is 0.0593. The topological polar surface area (TPSA) is 17.1 Å². The van der Waals surface area contributed by atoms with Crippen LogP contribution in [0.1, 0.15) is 23.7 Å². The van der Waals surface area contributed by atoms with E-state index in [1.165, 1.54) is 0 Å². The first kappa shape index (κ1) is 11.2. The summed E-state index contributed by atoms with van der Waals surface area (Å²) in [5.41, 5.74) is 1.45. The van der Waals surface area contributed by atoms with Gasteiger partial charge in [-0.3, -0.25) is 4.79 Å². The average molecular weight is 233 g/mol. The summed E-state index contributed by atoms with van der Waals surface area (Å²) < 4.78 is 0. The first-order chi connectivity index (χ1) is 7.58. The Balaban J connectivity index is 2.20.